The molecule has 0 radical (unpaired) electrons. The first kappa shape index (κ1) is 24.2. The predicted octanol–water partition coefficient (Wildman–Crippen LogP) is 3.39. The van der Waals surface area contributed by atoms with Crippen molar-refractivity contribution in [3.05, 3.63) is 108 Å². The molecule has 3 aromatic carbocycles. The second-order valence-electron chi connectivity index (χ2n) is 8.36. The number of likely N-dealkylation sites (tertiary alicyclic amines) is 1. The summed E-state index contributed by atoms with van der Waals surface area (Å²) < 4.78 is 4.95. The Hall–Kier alpha value is -3.97. The first-order valence-electron chi connectivity index (χ1n) is 11.3. The van der Waals surface area contributed by atoms with Gasteiger partial charge in [0, 0.05) is 7.05 Å². The number of ether oxygens (including phenoxy) is 1. The van der Waals surface area contributed by atoms with Gasteiger partial charge in [-0.3, -0.25) is 19.2 Å². The Balaban J connectivity index is 1.99. The van der Waals surface area contributed by atoms with E-state index >= 15 is 0 Å². The summed E-state index contributed by atoms with van der Waals surface area (Å²) in [5.41, 5.74) is 1.44. The lowest BCUT2D eigenvalue weighted by atomic mass is 9.69. The van der Waals surface area contributed by atoms with E-state index in [1.807, 2.05) is 91.0 Å². The number of rotatable bonds is 8. The zero-order valence-corrected chi connectivity index (χ0v) is 20.0. The summed E-state index contributed by atoms with van der Waals surface area (Å²) in [4.78, 5) is 46.3. The molecule has 0 N–H and O–H groups in total. The van der Waals surface area contributed by atoms with Gasteiger partial charge in [-0.1, -0.05) is 91.0 Å². The van der Waals surface area contributed by atoms with Crippen molar-refractivity contribution in [1.82, 2.24) is 9.96 Å². The lowest BCUT2D eigenvalue weighted by Gasteiger charge is -2.57. The molecular weight excluding hydrogens is 444 g/mol. The summed E-state index contributed by atoms with van der Waals surface area (Å²) in [7, 11) is 4.10. The Bertz CT molecular complexity index is 1090. The van der Waals surface area contributed by atoms with Gasteiger partial charge in [-0.25, -0.2) is 5.06 Å². The van der Waals surface area contributed by atoms with Crippen LogP contribution < -0.4 is 0 Å². The van der Waals surface area contributed by atoms with Crippen LogP contribution in [0.1, 0.15) is 23.1 Å². The summed E-state index contributed by atoms with van der Waals surface area (Å²) in [6.07, 6.45) is -0.134. The van der Waals surface area contributed by atoms with Gasteiger partial charge in [-0.05, 0) is 16.7 Å². The SMILES string of the molecule is COC(=O)C[C@H]1[C@H](C(=O)N(C)OC)C(=O)N1C(c1ccccc1)(c1ccccc1)c1ccccc1. The smallest absolute Gasteiger partial charge is 0.307 e. The second-order valence-corrected chi connectivity index (χ2v) is 8.36. The highest BCUT2D eigenvalue weighted by atomic mass is 16.7. The number of amides is 2. The van der Waals surface area contributed by atoms with Crippen LogP contribution in [0.15, 0.2) is 91.0 Å². The van der Waals surface area contributed by atoms with E-state index in [4.69, 9.17) is 9.57 Å². The van der Waals surface area contributed by atoms with Crippen LogP contribution >= 0.6 is 0 Å². The fourth-order valence-electron chi connectivity index (χ4n) is 4.93. The van der Waals surface area contributed by atoms with Gasteiger partial charge in [0.1, 0.15) is 11.5 Å². The monoisotopic (exact) mass is 472 g/mol. The number of hydrogen-bond acceptors (Lipinski definition) is 5. The van der Waals surface area contributed by atoms with E-state index in [0.717, 1.165) is 21.8 Å². The van der Waals surface area contributed by atoms with Gasteiger partial charge in [-0.2, -0.15) is 0 Å². The Morgan fingerprint density at radius 2 is 1.26 bits per heavy atom. The average Bonchev–Trinajstić information content (AvgIpc) is 2.92. The van der Waals surface area contributed by atoms with Gasteiger partial charge in [0.05, 0.1) is 26.7 Å². The standard InChI is InChI=1S/C28H28N2O5/c1-29(35-3)26(32)25-23(19-24(31)34-2)30(27(25)33)28(20-13-7-4-8-14-20,21-15-9-5-10-16-21)22-17-11-6-12-18-22/h4-18,23,25H,19H2,1-3H3/t23-,25+/m0/s1. The molecule has 0 unspecified atom stereocenters. The highest BCUT2D eigenvalue weighted by molar-refractivity contribution is 6.07. The van der Waals surface area contributed by atoms with Crippen LogP contribution in [0.4, 0.5) is 0 Å². The number of carbonyl (C=O) groups is 3. The van der Waals surface area contributed by atoms with Crippen molar-refractivity contribution in [3.63, 3.8) is 0 Å². The molecule has 4 rings (SSSR count). The van der Waals surface area contributed by atoms with Gasteiger partial charge in [0.2, 0.25) is 5.91 Å². The number of hydrogen-bond donors (Lipinski definition) is 0. The third-order valence-corrected chi connectivity index (χ3v) is 6.61. The van der Waals surface area contributed by atoms with Gasteiger partial charge in [0.25, 0.3) is 5.91 Å². The number of esters is 1. The molecule has 7 nitrogen and oxygen atoms in total. The van der Waals surface area contributed by atoms with E-state index in [9.17, 15) is 14.4 Å². The molecule has 1 heterocycles. The minimum Gasteiger partial charge on any atom is -0.469 e. The maximum absolute atomic E-state index is 13.9. The van der Waals surface area contributed by atoms with Crippen molar-refractivity contribution in [2.75, 3.05) is 21.3 Å². The number of nitrogens with zero attached hydrogens (tertiary/aromatic N) is 2. The van der Waals surface area contributed by atoms with Crippen molar-refractivity contribution < 1.29 is 24.0 Å². The number of β-lactam (4-membered cyclic amide) rings is 1. The second kappa shape index (κ2) is 10.1. The molecule has 1 aliphatic rings. The average molecular weight is 473 g/mol. The lowest BCUT2D eigenvalue weighted by Crippen LogP contribution is -2.72. The molecule has 0 aromatic heterocycles. The Morgan fingerprint density at radius 3 is 1.63 bits per heavy atom. The Kier molecular flexibility index (Phi) is 6.98. The summed E-state index contributed by atoms with van der Waals surface area (Å²) in [6, 6.07) is 28.2. The van der Waals surface area contributed by atoms with Crippen LogP contribution in [0, 0.1) is 5.92 Å². The topological polar surface area (TPSA) is 76.1 Å². The molecule has 2 atom stereocenters. The number of methoxy groups -OCH3 is 1. The maximum atomic E-state index is 13.9. The maximum Gasteiger partial charge on any atom is 0.307 e. The third-order valence-electron chi connectivity index (χ3n) is 6.61. The van der Waals surface area contributed by atoms with Crippen molar-refractivity contribution in [2.24, 2.45) is 5.92 Å². The van der Waals surface area contributed by atoms with Gasteiger partial charge >= 0.3 is 5.97 Å². The molecule has 1 aliphatic heterocycles. The molecule has 0 aliphatic carbocycles. The minimum atomic E-state index is -1.08. The summed E-state index contributed by atoms with van der Waals surface area (Å²) in [6.45, 7) is 0. The van der Waals surface area contributed by atoms with Crippen LogP contribution in [-0.2, 0) is 29.5 Å². The summed E-state index contributed by atoms with van der Waals surface area (Å²) in [5, 5.41) is 1.03. The predicted molar refractivity (Wildman–Crippen MR) is 130 cm³/mol. The van der Waals surface area contributed by atoms with E-state index in [2.05, 4.69) is 0 Å². The van der Waals surface area contributed by atoms with Gasteiger partial charge in [0.15, 0.2) is 0 Å². The first-order chi connectivity index (χ1) is 17.0. The van der Waals surface area contributed by atoms with Crippen LogP contribution in [0.25, 0.3) is 0 Å². The molecule has 1 fully saturated rings. The lowest BCUT2D eigenvalue weighted by molar-refractivity contribution is -0.193. The fourth-order valence-corrected chi connectivity index (χ4v) is 4.93. The molecule has 0 spiro atoms. The molecule has 35 heavy (non-hydrogen) atoms. The Morgan fingerprint density at radius 1 is 0.829 bits per heavy atom. The zero-order valence-electron chi connectivity index (χ0n) is 20.0. The van der Waals surface area contributed by atoms with E-state index in [0.29, 0.717) is 0 Å². The van der Waals surface area contributed by atoms with E-state index in [-0.39, 0.29) is 12.3 Å². The molecule has 180 valence electrons. The Labute approximate surface area is 204 Å². The van der Waals surface area contributed by atoms with Crippen molar-refractivity contribution in [2.45, 2.75) is 18.0 Å². The number of benzene rings is 3. The molecule has 2 amide bonds. The highest BCUT2D eigenvalue weighted by Gasteiger charge is 2.61. The number of hydroxylamine groups is 2. The zero-order chi connectivity index (χ0) is 25.0. The van der Waals surface area contributed by atoms with Crippen LogP contribution in [0.3, 0.4) is 0 Å². The van der Waals surface area contributed by atoms with Crippen LogP contribution in [0.5, 0.6) is 0 Å². The number of carbonyl (C=O) groups excluding carboxylic acids is 3. The first-order valence-corrected chi connectivity index (χ1v) is 11.3. The van der Waals surface area contributed by atoms with E-state index in [1.165, 1.54) is 21.3 Å². The quantitative estimate of drug-likeness (QED) is 0.165. The van der Waals surface area contributed by atoms with Crippen LogP contribution in [-0.4, -0.2) is 55.1 Å². The molecule has 0 bridgehead atoms. The molecule has 1 saturated heterocycles. The molecule has 0 saturated carbocycles. The molecule has 7 heteroatoms. The van der Waals surface area contributed by atoms with Crippen molar-refractivity contribution >= 4 is 17.8 Å². The minimum absolute atomic E-state index is 0.134. The highest BCUT2D eigenvalue weighted by Crippen LogP contribution is 2.50. The van der Waals surface area contributed by atoms with Gasteiger partial charge in [-0.15, -0.1) is 0 Å². The van der Waals surface area contributed by atoms with Gasteiger partial charge < -0.3 is 9.64 Å². The molecular formula is C28H28N2O5. The van der Waals surface area contributed by atoms with Crippen LogP contribution in [0.2, 0.25) is 0 Å². The van der Waals surface area contributed by atoms with E-state index in [1.54, 1.807) is 4.90 Å². The van der Waals surface area contributed by atoms with Crippen molar-refractivity contribution in [3.8, 4) is 0 Å². The summed E-state index contributed by atoms with van der Waals surface area (Å²) >= 11 is 0. The van der Waals surface area contributed by atoms with E-state index < -0.39 is 29.4 Å². The molecule has 3 aromatic rings. The largest absolute Gasteiger partial charge is 0.469 e. The fraction of sp³-hybridized carbons (Fsp3) is 0.250. The third kappa shape index (κ3) is 4.08. The summed E-state index contributed by atoms with van der Waals surface area (Å²) in [5.74, 6) is -2.47. The normalized spacial score (nSPS) is 17.5. The van der Waals surface area contributed by atoms with Crippen molar-refractivity contribution in [1.29, 1.82) is 0 Å².